The summed E-state index contributed by atoms with van der Waals surface area (Å²) in [4.78, 5) is 44.1. The molecule has 0 fully saturated rings. The smallest absolute Gasteiger partial charge is 0.348 e. The van der Waals surface area contributed by atoms with Crippen LogP contribution in [0, 0.1) is 0 Å². The van der Waals surface area contributed by atoms with Gasteiger partial charge in [0, 0.05) is 0 Å². The Kier molecular flexibility index (Phi) is 8.19. The maximum absolute atomic E-state index is 11.2. The van der Waals surface area contributed by atoms with Gasteiger partial charge in [0.05, 0.1) is 55.6 Å². The molecule has 0 aliphatic carbocycles. The first-order chi connectivity index (χ1) is 14.1. The van der Waals surface area contributed by atoms with Gasteiger partial charge in [0.1, 0.15) is 0 Å². The number of carbonyl (C=O) groups excluding carboxylic acids is 4. The minimum absolute atomic E-state index is 0.0752. The van der Waals surface area contributed by atoms with Crippen molar-refractivity contribution < 1.29 is 38.9 Å². The standard InChI is InChI=1S/C8Cl4O3.C8H4O3.C2H6O2/c9-3-1-2(8(14)15-7(1)13)4(10)6(12)5(3)11;9-7-5-3-1-2-4-6(5)8(10)11-7;3-1-2-4/h;1-4H;3-4H,1-2H2. The molecule has 2 heterocycles. The number of esters is 4. The second kappa shape index (κ2) is 10.2. The third-order valence-electron chi connectivity index (χ3n) is 3.51. The number of hydrogen-bond acceptors (Lipinski definition) is 8. The van der Waals surface area contributed by atoms with Crippen LogP contribution >= 0.6 is 46.4 Å². The Bertz CT molecular complexity index is 971. The molecule has 2 aliphatic rings. The number of benzene rings is 2. The van der Waals surface area contributed by atoms with Crippen molar-refractivity contribution in [3.8, 4) is 0 Å². The van der Waals surface area contributed by atoms with Gasteiger partial charge in [-0.05, 0) is 12.1 Å². The number of aliphatic hydroxyl groups excluding tert-OH is 2. The van der Waals surface area contributed by atoms with E-state index in [1.165, 1.54) is 0 Å². The molecule has 0 radical (unpaired) electrons. The van der Waals surface area contributed by atoms with E-state index >= 15 is 0 Å². The van der Waals surface area contributed by atoms with Gasteiger partial charge in [-0.15, -0.1) is 0 Å². The molecule has 0 atom stereocenters. The summed E-state index contributed by atoms with van der Waals surface area (Å²) < 4.78 is 8.69. The normalized spacial score (nSPS) is 13.4. The molecule has 0 bridgehead atoms. The first-order valence-electron chi connectivity index (χ1n) is 7.85. The van der Waals surface area contributed by atoms with Crippen LogP contribution in [-0.4, -0.2) is 47.3 Å². The fraction of sp³-hybridized carbons (Fsp3) is 0.111. The van der Waals surface area contributed by atoms with Gasteiger partial charge in [-0.1, -0.05) is 58.5 Å². The third-order valence-corrected chi connectivity index (χ3v) is 5.32. The molecule has 8 nitrogen and oxygen atoms in total. The lowest BCUT2D eigenvalue weighted by molar-refractivity contribution is 0.0425. The Morgan fingerprint density at radius 3 is 1.27 bits per heavy atom. The molecule has 12 heteroatoms. The van der Waals surface area contributed by atoms with Gasteiger partial charge in [-0.25, -0.2) is 19.2 Å². The number of rotatable bonds is 1. The van der Waals surface area contributed by atoms with Crippen molar-refractivity contribution in [3.63, 3.8) is 0 Å². The van der Waals surface area contributed by atoms with Gasteiger partial charge in [-0.3, -0.25) is 0 Å². The highest BCUT2D eigenvalue weighted by atomic mass is 35.5. The highest BCUT2D eigenvalue weighted by Gasteiger charge is 2.37. The summed E-state index contributed by atoms with van der Waals surface area (Å²) in [6, 6.07) is 6.53. The molecule has 0 spiro atoms. The zero-order chi connectivity index (χ0) is 22.6. The van der Waals surface area contributed by atoms with Crippen molar-refractivity contribution in [1.29, 1.82) is 0 Å². The average molecular weight is 496 g/mol. The van der Waals surface area contributed by atoms with Crippen LogP contribution in [0.15, 0.2) is 24.3 Å². The quantitative estimate of drug-likeness (QED) is 0.266. The van der Waals surface area contributed by atoms with Crippen molar-refractivity contribution in [2.75, 3.05) is 13.2 Å². The second-order valence-corrected chi connectivity index (χ2v) is 6.86. The summed E-state index contributed by atoms with van der Waals surface area (Å²) in [6.07, 6.45) is 0. The van der Waals surface area contributed by atoms with Gasteiger partial charge in [0.2, 0.25) is 0 Å². The van der Waals surface area contributed by atoms with E-state index in [2.05, 4.69) is 9.47 Å². The molecule has 0 saturated carbocycles. The van der Waals surface area contributed by atoms with E-state index in [4.69, 9.17) is 56.6 Å². The monoisotopic (exact) mass is 494 g/mol. The number of hydrogen-bond donors (Lipinski definition) is 2. The number of cyclic esters (lactones) is 4. The minimum atomic E-state index is -0.875. The molecule has 0 unspecified atom stereocenters. The Hall–Kier alpha value is -2.20. The number of halogens is 4. The van der Waals surface area contributed by atoms with Crippen molar-refractivity contribution in [2.45, 2.75) is 0 Å². The van der Waals surface area contributed by atoms with Gasteiger partial charge >= 0.3 is 23.9 Å². The Morgan fingerprint density at radius 2 is 0.933 bits per heavy atom. The number of carbonyl (C=O) groups is 4. The van der Waals surface area contributed by atoms with E-state index in [-0.39, 0.29) is 44.4 Å². The van der Waals surface area contributed by atoms with Crippen LogP contribution in [0.5, 0.6) is 0 Å². The molecule has 0 saturated heterocycles. The van der Waals surface area contributed by atoms with Gasteiger partial charge in [0.15, 0.2) is 0 Å². The van der Waals surface area contributed by atoms with Gasteiger partial charge in [0.25, 0.3) is 0 Å². The summed E-state index contributed by atoms with van der Waals surface area (Å²) in [5.74, 6) is -2.85. The molecule has 2 aliphatic heterocycles. The van der Waals surface area contributed by atoms with Crippen LogP contribution in [0.4, 0.5) is 0 Å². The highest BCUT2D eigenvalue weighted by molar-refractivity contribution is 6.54. The van der Waals surface area contributed by atoms with Crippen LogP contribution in [0.2, 0.25) is 20.1 Å². The molecule has 0 amide bonds. The van der Waals surface area contributed by atoms with E-state index < -0.39 is 23.9 Å². The fourth-order valence-corrected chi connectivity index (χ4v) is 3.24. The highest BCUT2D eigenvalue weighted by Crippen LogP contribution is 2.44. The largest absolute Gasteiger partial charge is 0.394 e. The van der Waals surface area contributed by atoms with Gasteiger partial charge < -0.3 is 19.7 Å². The van der Waals surface area contributed by atoms with Crippen LogP contribution in [0.1, 0.15) is 41.4 Å². The zero-order valence-corrected chi connectivity index (χ0v) is 17.6. The lowest BCUT2D eigenvalue weighted by atomic mass is 10.1. The topological polar surface area (TPSA) is 127 Å². The maximum Gasteiger partial charge on any atom is 0.348 e. The van der Waals surface area contributed by atoms with E-state index in [0.29, 0.717) is 11.1 Å². The van der Waals surface area contributed by atoms with Crippen LogP contribution in [0.25, 0.3) is 0 Å². The molecule has 4 rings (SSSR count). The summed E-state index contributed by atoms with van der Waals surface area (Å²) in [6.45, 7) is -0.250. The second-order valence-electron chi connectivity index (χ2n) is 5.35. The Morgan fingerprint density at radius 1 is 0.600 bits per heavy atom. The third kappa shape index (κ3) is 4.75. The molecule has 2 N–H and O–H groups in total. The van der Waals surface area contributed by atoms with Crippen molar-refractivity contribution in [1.82, 2.24) is 0 Å². The lowest BCUT2D eigenvalue weighted by Crippen LogP contribution is -1.97. The Balaban J connectivity index is 0.000000187. The van der Waals surface area contributed by atoms with Crippen molar-refractivity contribution in [3.05, 3.63) is 66.6 Å². The predicted molar refractivity (Wildman–Crippen MR) is 107 cm³/mol. The summed E-state index contributed by atoms with van der Waals surface area (Å²) in [5, 5.41) is 14.8. The van der Waals surface area contributed by atoms with Crippen molar-refractivity contribution >= 4 is 70.3 Å². The van der Waals surface area contributed by atoms with Crippen molar-refractivity contribution in [2.24, 2.45) is 0 Å². The molecule has 0 aromatic heterocycles. The average Bonchev–Trinajstić information content (AvgIpc) is 3.20. The number of fused-ring (bicyclic) bond motifs is 2. The molecule has 2 aromatic rings. The van der Waals surface area contributed by atoms with E-state index in [1.807, 2.05) is 0 Å². The first-order valence-corrected chi connectivity index (χ1v) is 9.36. The summed E-state index contributed by atoms with van der Waals surface area (Å²) in [5.41, 5.74) is 0.442. The summed E-state index contributed by atoms with van der Waals surface area (Å²) in [7, 11) is 0. The molecular weight excluding hydrogens is 486 g/mol. The molecule has 158 valence electrons. The fourth-order valence-electron chi connectivity index (χ4n) is 2.23. The van der Waals surface area contributed by atoms with E-state index in [9.17, 15) is 19.2 Å². The number of aliphatic hydroxyl groups is 2. The number of ether oxygens (including phenoxy) is 2. The molecule has 30 heavy (non-hydrogen) atoms. The maximum atomic E-state index is 11.2. The zero-order valence-electron chi connectivity index (χ0n) is 14.6. The van der Waals surface area contributed by atoms with Crippen LogP contribution < -0.4 is 0 Å². The minimum Gasteiger partial charge on any atom is -0.394 e. The molecular formula is C18H10Cl4O8. The van der Waals surface area contributed by atoms with Gasteiger partial charge in [-0.2, -0.15) is 0 Å². The van der Waals surface area contributed by atoms with Crippen LogP contribution in [-0.2, 0) is 9.47 Å². The van der Waals surface area contributed by atoms with Crippen LogP contribution in [0.3, 0.4) is 0 Å². The molecule has 2 aromatic carbocycles. The predicted octanol–water partition coefficient (Wildman–Crippen LogP) is 3.58. The van der Waals surface area contributed by atoms with E-state index in [1.54, 1.807) is 24.3 Å². The summed E-state index contributed by atoms with van der Waals surface area (Å²) >= 11 is 22.9. The van der Waals surface area contributed by atoms with E-state index in [0.717, 1.165) is 0 Å². The SMILES string of the molecule is O=C1OC(=O)c2c(Cl)c(Cl)c(Cl)c(Cl)c21.O=C1OC(=O)c2ccccc21.OCCO. The lowest BCUT2D eigenvalue weighted by Gasteiger charge is -2.04. The first kappa shape index (κ1) is 24.1. The Labute approximate surface area is 188 Å².